The summed E-state index contributed by atoms with van der Waals surface area (Å²) in [6.07, 6.45) is -1.05. The summed E-state index contributed by atoms with van der Waals surface area (Å²) in [6, 6.07) is 9.48. The zero-order valence-electron chi connectivity index (χ0n) is 10.2. The summed E-state index contributed by atoms with van der Waals surface area (Å²) in [6.45, 7) is 1.47. The fraction of sp³-hybridized carbons (Fsp3) is 0.231. The number of carbonyl (C=O) groups is 2. The highest BCUT2D eigenvalue weighted by Gasteiger charge is 2.11. The van der Waals surface area contributed by atoms with E-state index in [-0.39, 0.29) is 12.0 Å². The summed E-state index contributed by atoms with van der Waals surface area (Å²) >= 11 is 0. The Labute approximate surface area is 110 Å². The van der Waals surface area contributed by atoms with Gasteiger partial charge in [-0.15, -0.1) is 0 Å². The number of esters is 1. The zero-order chi connectivity index (χ0) is 14.3. The summed E-state index contributed by atoms with van der Waals surface area (Å²) in [5.74, 6) is -1.03. The van der Waals surface area contributed by atoms with Gasteiger partial charge in [0.2, 0.25) is 5.91 Å². The van der Waals surface area contributed by atoms with Gasteiger partial charge in [0.25, 0.3) is 0 Å². The molecule has 0 bridgehead atoms. The monoisotopic (exact) mass is 257 g/mol. The topological polar surface area (TPSA) is 103 Å². The molecule has 1 atom stereocenters. The quantitative estimate of drug-likeness (QED) is 0.825. The molecule has 0 saturated heterocycles. The number of hydrogen-bond donors (Lipinski definition) is 1. The Hall–Kier alpha value is -2.86. The summed E-state index contributed by atoms with van der Waals surface area (Å²) in [4.78, 5) is 22.7. The molecule has 6 nitrogen and oxygen atoms in total. The third-order valence-electron chi connectivity index (χ3n) is 2.11. The zero-order valence-corrected chi connectivity index (χ0v) is 10.2. The van der Waals surface area contributed by atoms with Crippen molar-refractivity contribution in [2.45, 2.75) is 19.4 Å². The Morgan fingerprint density at radius 2 is 1.95 bits per heavy atom. The maximum atomic E-state index is 11.5. The van der Waals surface area contributed by atoms with Crippen LogP contribution in [-0.4, -0.2) is 18.0 Å². The Morgan fingerprint density at radius 1 is 1.32 bits per heavy atom. The minimum absolute atomic E-state index is 0.233. The average Bonchev–Trinajstić information content (AvgIpc) is 2.39. The second-order valence-electron chi connectivity index (χ2n) is 3.64. The number of carbonyl (C=O) groups excluding carboxylic acids is 2. The first kappa shape index (κ1) is 14.2. The van der Waals surface area contributed by atoms with Crippen LogP contribution in [0.15, 0.2) is 24.3 Å². The van der Waals surface area contributed by atoms with Gasteiger partial charge in [-0.25, -0.2) is 4.79 Å². The average molecular weight is 257 g/mol. The van der Waals surface area contributed by atoms with E-state index in [1.807, 2.05) is 0 Å². The van der Waals surface area contributed by atoms with Gasteiger partial charge in [0.05, 0.1) is 11.6 Å². The van der Waals surface area contributed by atoms with E-state index in [0.717, 1.165) is 0 Å². The van der Waals surface area contributed by atoms with Crippen molar-refractivity contribution in [1.82, 2.24) is 0 Å². The van der Waals surface area contributed by atoms with E-state index in [0.29, 0.717) is 5.69 Å². The molecule has 6 heteroatoms. The van der Waals surface area contributed by atoms with Gasteiger partial charge in [-0.05, 0) is 31.2 Å². The Bertz CT molecular complexity index is 552. The van der Waals surface area contributed by atoms with E-state index in [1.54, 1.807) is 12.1 Å². The molecule has 0 aliphatic rings. The smallest absolute Gasteiger partial charge is 0.339 e. The first-order valence-corrected chi connectivity index (χ1v) is 5.44. The second-order valence-corrected chi connectivity index (χ2v) is 3.64. The number of nitrogens with zero attached hydrogens (tertiary/aromatic N) is 2. The lowest BCUT2D eigenvalue weighted by Crippen LogP contribution is -2.13. The number of nitriles is 2. The van der Waals surface area contributed by atoms with Crippen molar-refractivity contribution in [3.05, 3.63) is 29.8 Å². The van der Waals surface area contributed by atoms with E-state index in [2.05, 4.69) is 5.32 Å². The number of ether oxygens (including phenoxy) is 1. The van der Waals surface area contributed by atoms with Crippen LogP contribution in [-0.2, 0) is 9.53 Å². The maximum Gasteiger partial charge on any atom is 0.339 e. The minimum Gasteiger partial charge on any atom is -0.444 e. The second kappa shape index (κ2) is 6.77. The minimum atomic E-state index is -0.817. The normalized spacial score (nSPS) is 10.7. The van der Waals surface area contributed by atoms with Crippen LogP contribution in [0.25, 0.3) is 0 Å². The molecule has 0 radical (unpaired) electrons. The molecule has 1 N–H and O–H groups in total. The summed E-state index contributed by atoms with van der Waals surface area (Å²) in [7, 11) is 0. The van der Waals surface area contributed by atoms with Gasteiger partial charge in [0.15, 0.2) is 6.10 Å². The van der Waals surface area contributed by atoms with Gasteiger partial charge in [-0.3, -0.25) is 4.79 Å². The summed E-state index contributed by atoms with van der Waals surface area (Å²) in [5, 5.41) is 19.4. The number of anilines is 1. The third kappa shape index (κ3) is 4.49. The first-order chi connectivity index (χ1) is 9.06. The van der Waals surface area contributed by atoms with Crippen LogP contribution in [0.2, 0.25) is 0 Å². The molecule has 0 saturated carbocycles. The van der Waals surface area contributed by atoms with Crippen LogP contribution >= 0.6 is 0 Å². The molecule has 1 rings (SSSR count). The molecule has 0 aliphatic carbocycles. The molecule has 1 amide bonds. The maximum absolute atomic E-state index is 11.5. The molecular weight excluding hydrogens is 246 g/mol. The van der Waals surface area contributed by atoms with E-state index < -0.39 is 18.0 Å². The third-order valence-corrected chi connectivity index (χ3v) is 2.11. The molecule has 0 aromatic heterocycles. The fourth-order valence-corrected chi connectivity index (χ4v) is 1.22. The lowest BCUT2D eigenvalue weighted by molar-refractivity contribution is -0.115. The van der Waals surface area contributed by atoms with Crippen molar-refractivity contribution < 1.29 is 14.3 Å². The predicted molar refractivity (Wildman–Crippen MR) is 65.8 cm³/mol. The van der Waals surface area contributed by atoms with Crippen LogP contribution in [0.1, 0.15) is 23.7 Å². The van der Waals surface area contributed by atoms with Crippen LogP contribution in [0.3, 0.4) is 0 Å². The largest absolute Gasteiger partial charge is 0.444 e. The number of nitrogens with one attached hydrogen (secondary N) is 1. The first-order valence-electron chi connectivity index (χ1n) is 5.44. The van der Waals surface area contributed by atoms with Gasteiger partial charge >= 0.3 is 5.97 Å². The predicted octanol–water partition coefficient (Wildman–Crippen LogP) is 1.61. The SMILES string of the molecule is C[C@H](C#N)OC(=O)c1ccc(NC(=O)CC#N)cc1. The van der Waals surface area contributed by atoms with Crippen LogP contribution in [0, 0.1) is 22.7 Å². The molecule has 0 heterocycles. The Balaban J connectivity index is 2.67. The Kier molecular flexibility index (Phi) is 5.06. The van der Waals surface area contributed by atoms with E-state index >= 15 is 0 Å². The molecule has 96 valence electrons. The Morgan fingerprint density at radius 3 is 2.47 bits per heavy atom. The molecule has 1 aromatic carbocycles. The van der Waals surface area contributed by atoms with Crippen molar-refractivity contribution in [2.24, 2.45) is 0 Å². The number of amides is 1. The standard InChI is InChI=1S/C13H11N3O3/c1-9(8-15)19-13(18)10-2-4-11(5-3-10)16-12(17)6-7-14/h2-5,9H,6H2,1H3,(H,16,17)/t9-/m1/s1. The van der Waals surface area contributed by atoms with Crippen molar-refractivity contribution in [3.63, 3.8) is 0 Å². The number of benzene rings is 1. The van der Waals surface area contributed by atoms with Crippen molar-refractivity contribution >= 4 is 17.6 Å². The van der Waals surface area contributed by atoms with Gasteiger partial charge < -0.3 is 10.1 Å². The number of hydrogen-bond acceptors (Lipinski definition) is 5. The van der Waals surface area contributed by atoms with Gasteiger partial charge in [-0.1, -0.05) is 0 Å². The summed E-state index contributed by atoms with van der Waals surface area (Å²) in [5.41, 5.74) is 0.755. The molecular formula is C13H11N3O3. The van der Waals surface area contributed by atoms with Crippen LogP contribution in [0.5, 0.6) is 0 Å². The molecule has 1 aromatic rings. The highest BCUT2D eigenvalue weighted by molar-refractivity contribution is 5.93. The van der Waals surface area contributed by atoms with E-state index in [1.165, 1.54) is 31.2 Å². The van der Waals surface area contributed by atoms with Crippen molar-refractivity contribution in [2.75, 3.05) is 5.32 Å². The lowest BCUT2D eigenvalue weighted by atomic mass is 10.2. The van der Waals surface area contributed by atoms with Crippen LogP contribution < -0.4 is 5.32 Å². The lowest BCUT2D eigenvalue weighted by Gasteiger charge is -2.07. The van der Waals surface area contributed by atoms with Gasteiger partial charge in [-0.2, -0.15) is 10.5 Å². The molecule has 0 spiro atoms. The highest BCUT2D eigenvalue weighted by Crippen LogP contribution is 2.11. The number of rotatable bonds is 4. The highest BCUT2D eigenvalue weighted by atomic mass is 16.5. The van der Waals surface area contributed by atoms with E-state index in [4.69, 9.17) is 15.3 Å². The molecule has 0 aliphatic heterocycles. The summed E-state index contributed by atoms with van der Waals surface area (Å²) < 4.78 is 4.81. The van der Waals surface area contributed by atoms with Crippen molar-refractivity contribution in [3.8, 4) is 12.1 Å². The van der Waals surface area contributed by atoms with Crippen LogP contribution in [0.4, 0.5) is 5.69 Å². The van der Waals surface area contributed by atoms with Gasteiger partial charge in [0, 0.05) is 5.69 Å². The molecule has 0 unspecified atom stereocenters. The van der Waals surface area contributed by atoms with E-state index in [9.17, 15) is 9.59 Å². The molecule has 19 heavy (non-hydrogen) atoms. The fourth-order valence-electron chi connectivity index (χ4n) is 1.22. The van der Waals surface area contributed by atoms with Gasteiger partial charge in [0.1, 0.15) is 12.5 Å². The van der Waals surface area contributed by atoms with Crippen molar-refractivity contribution in [1.29, 1.82) is 10.5 Å². The molecule has 0 fully saturated rings.